The van der Waals surface area contributed by atoms with E-state index in [0.29, 0.717) is 24.4 Å². The molecule has 1 heterocycles. The van der Waals surface area contributed by atoms with Crippen LogP contribution in [0.5, 0.6) is 0 Å². The molecule has 36 heavy (non-hydrogen) atoms. The highest BCUT2D eigenvalue weighted by Gasteiger charge is 2.33. The Bertz CT molecular complexity index is 1330. The molecule has 0 radical (unpaired) electrons. The predicted octanol–water partition coefficient (Wildman–Crippen LogP) is 3.84. The molecule has 0 aliphatic heterocycles. The van der Waals surface area contributed by atoms with E-state index in [1.54, 1.807) is 16.7 Å². The first-order valence-electron chi connectivity index (χ1n) is 12.0. The molecule has 0 fully saturated rings. The van der Waals surface area contributed by atoms with E-state index in [9.17, 15) is 9.59 Å². The number of nitrogens with zero attached hydrogens (tertiary/aromatic N) is 4. The van der Waals surface area contributed by atoms with E-state index >= 15 is 0 Å². The summed E-state index contributed by atoms with van der Waals surface area (Å²) in [6.45, 7) is 4.65. The summed E-state index contributed by atoms with van der Waals surface area (Å²) in [6, 6.07) is 22.0. The minimum atomic E-state index is -0.879. The minimum absolute atomic E-state index is 0.0657. The molecule has 186 valence electrons. The Morgan fingerprint density at radius 3 is 2.47 bits per heavy atom. The summed E-state index contributed by atoms with van der Waals surface area (Å²) in [7, 11) is 1.58. The molecule has 0 saturated heterocycles. The first kappa shape index (κ1) is 25.1. The van der Waals surface area contributed by atoms with Crippen LogP contribution in [0.4, 0.5) is 5.69 Å². The van der Waals surface area contributed by atoms with Crippen LogP contribution >= 0.6 is 0 Å². The second-order valence-corrected chi connectivity index (χ2v) is 8.57. The van der Waals surface area contributed by atoms with Gasteiger partial charge < -0.3 is 10.1 Å². The smallest absolute Gasteiger partial charge is 0.249 e. The SMILES string of the molecule is CCc1ccc(C(C(=O)NCCOC)N(C(=O)Cn2nnc3ccccc32)c2ccccc2C)cc1. The van der Waals surface area contributed by atoms with Crippen molar-refractivity contribution in [1.82, 2.24) is 20.3 Å². The van der Waals surface area contributed by atoms with Crippen molar-refractivity contribution >= 4 is 28.5 Å². The van der Waals surface area contributed by atoms with Gasteiger partial charge in [0.1, 0.15) is 18.1 Å². The van der Waals surface area contributed by atoms with Crippen LogP contribution in [-0.4, -0.2) is 47.1 Å². The Morgan fingerprint density at radius 2 is 1.75 bits per heavy atom. The number of hydrogen-bond donors (Lipinski definition) is 1. The summed E-state index contributed by atoms with van der Waals surface area (Å²) in [6.07, 6.45) is 0.880. The second-order valence-electron chi connectivity index (χ2n) is 8.57. The lowest BCUT2D eigenvalue weighted by atomic mass is 9.99. The van der Waals surface area contributed by atoms with E-state index in [0.717, 1.165) is 28.6 Å². The monoisotopic (exact) mass is 485 g/mol. The number of methoxy groups -OCH3 is 1. The van der Waals surface area contributed by atoms with Crippen molar-refractivity contribution in [3.05, 3.63) is 89.5 Å². The van der Waals surface area contributed by atoms with Crippen LogP contribution in [0, 0.1) is 6.92 Å². The summed E-state index contributed by atoms with van der Waals surface area (Å²) < 4.78 is 6.69. The molecule has 1 atom stereocenters. The first-order valence-corrected chi connectivity index (χ1v) is 12.0. The Labute approximate surface area is 210 Å². The summed E-state index contributed by atoms with van der Waals surface area (Å²) in [4.78, 5) is 29.2. The number of para-hydroxylation sites is 2. The highest BCUT2D eigenvalue weighted by molar-refractivity contribution is 6.02. The maximum atomic E-state index is 14.0. The van der Waals surface area contributed by atoms with Crippen LogP contribution in [0.1, 0.15) is 29.7 Å². The highest BCUT2D eigenvalue weighted by atomic mass is 16.5. The normalized spacial score (nSPS) is 11.9. The highest BCUT2D eigenvalue weighted by Crippen LogP contribution is 2.31. The molecule has 1 unspecified atom stereocenters. The van der Waals surface area contributed by atoms with E-state index < -0.39 is 6.04 Å². The van der Waals surface area contributed by atoms with Gasteiger partial charge in [0, 0.05) is 19.3 Å². The number of carbonyl (C=O) groups excluding carboxylic acids is 2. The first-order chi connectivity index (χ1) is 17.5. The third-order valence-corrected chi connectivity index (χ3v) is 6.16. The third kappa shape index (κ3) is 5.44. The summed E-state index contributed by atoms with van der Waals surface area (Å²) in [5, 5.41) is 11.3. The third-order valence-electron chi connectivity index (χ3n) is 6.16. The molecule has 1 N–H and O–H groups in total. The number of fused-ring (bicyclic) bond motifs is 1. The Hall–Kier alpha value is -4.04. The lowest BCUT2D eigenvalue weighted by Crippen LogP contribution is -2.46. The van der Waals surface area contributed by atoms with Crippen molar-refractivity contribution in [2.24, 2.45) is 0 Å². The Morgan fingerprint density at radius 1 is 1.03 bits per heavy atom. The summed E-state index contributed by atoms with van der Waals surface area (Å²) in [5.41, 5.74) is 4.88. The molecule has 2 amide bonds. The zero-order valence-electron chi connectivity index (χ0n) is 20.8. The van der Waals surface area contributed by atoms with Gasteiger partial charge in [-0.25, -0.2) is 4.68 Å². The molecule has 0 aliphatic rings. The zero-order valence-corrected chi connectivity index (χ0v) is 20.8. The van der Waals surface area contributed by atoms with Gasteiger partial charge in [0.25, 0.3) is 0 Å². The second kappa shape index (κ2) is 11.6. The zero-order chi connectivity index (χ0) is 25.5. The van der Waals surface area contributed by atoms with Gasteiger partial charge >= 0.3 is 0 Å². The van der Waals surface area contributed by atoms with Gasteiger partial charge in [-0.05, 0) is 48.2 Å². The lowest BCUT2D eigenvalue weighted by molar-refractivity contribution is -0.127. The van der Waals surface area contributed by atoms with Crippen LogP contribution in [-0.2, 0) is 27.3 Å². The van der Waals surface area contributed by atoms with Gasteiger partial charge in [-0.1, -0.05) is 66.7 Å². The Balaban J connectivity index is 1.79. The van der Waals surface area contributed by atoms with Gasteiger partial charge in [0.05, 0.1) is 12.1 Å². The van der Waals surface area contributed by atoms with Crippen LogP contribution in [0.2, 0.25) is 0 Å². The number of hydrogen-bond acceptors (Lipinski definition) is 5. The molecule has 0 spiro atoms. The fraction of sp³-hybridized carbons (Fsp3) is 0.286. The molecule has 1 aromatic heterocycles. The predicted molar refractivity (Wildman–Crippen MR) is 140 cm³/mol. The minimum Gasteiger partial charge on any atom is -0.383 e. The number of aromatic nitrogens is 3. The number of aryl methyl sites for hydroxylation is 2. The van der Waals surface area contributed by atoms with Crippen molar-refractivity contribution in [3.8, 4) is 0 Å². The van der Waals surface area contributed by atoms with Crippen molar-refractivity contribution in [1.29, 1.82) is 0 Å². The van der Waals surface area contributed by atoms with Crippen molar-refractivity contribution in [3.63, 3.8) is 0 Å². The van der Waals surface area contributed by atoms with E-state index in [2.05, 4.69) is 22.6 Å². The summed E-state index contributed by atoms with van der Waals surface area (Å²) >= 11 is 0. The molecule has 8 nitrogen and oxygen atoms in total. The van der Waals surface area contributed by atoms with Crippen LogP contribution in [0.25, 0.3) is 11.0 Å². The fourth-order valence-corrected chi connectivity index (χ4v) is 4.22. The van der Waals surface area contributed by atoms with E-state index in [4.69, 9.17) is 4.74 Å². The number of ether oxygens (including phenoxy) is 1. The van der Waals surface area contributed by atoms with Crippen LogP contribution < -0.4 is 10.2 Å². The largest absolute Gasteiger partial charge is 0.383 e. The lowest BCUT2D eigenvalue weighted by Gasteiger charge is -2.32. The van der Waals surface area contributed by atoms with Gasteiger partial charge in [-0.2, -0.15) is 0 Å². The van der Waals surface area contributed by atoms with Crippen LogP contribution in [0.3, 0.4) is 0 Å². The maximum Gasteiger partial charge on any atom is 0.249 e. The van der Waals surface area contributed by atoms with E-state index in [1.165, 1.54) is 0 Å². The molecule has 3 aromatic carbocycles. The molecule has 0 saturated carbocycles. The van der Waals surface area contributed by atoms with Crippen LogP contribution in [0.15, 0.2) is 72.8 Å². The standard InChI is InChI=1S/C28H31N5O3/c1-4-21-13-15-22(16-14-21)27(28(35)29-17-18-36-3)33(24-11-7-5-9-20(24)2)26(34)19-32-25-12-8-6-10-23(25)30-31-32/h5-16,27H,4,17-19H2,1-3H3,(H,29,35). The number of benzene rings is 3. The topological polar surface area (TPSA) is 89.4 Å². The average molecular weight is 486 g/mol. The molecule has 4 aromatic rings. The van der Waals surface area contributed by atoms with Crippen molar-refractivity contribution in [2.75, 3.05) is 25.2 Å². The van der Waals surface area contributed by atoms with Gasteiger partial charge in [0.15, 0.2) is 0 Å². The van der Waals surface area contributed by atoms with Crippen molar-refractivity contribution in [2.45, 2.75) is 32.9 Å². The molecule has 0 bridgehead atoms. The fourth-order valence-electron chi connectivity index (χ4n) is 4.22. The number of carbonyl (C=O) groups is 2. The number of nitrogens with one attached hydrogen (secondary N) is 1. The quantitative estimate of drug-likeness (QED) is 0.345. The number of anilines is 1. The number of rotatable bonds is 10. The Kier molecular flexibility index (Phi) is 8.07. The van der Waals surface area contributed by atoms with E-state index in [1.807, 2.05) is 79.7 Å². The molecule has 8 heteroatoms. The molecular weight excluding hydrogens is 454 g/mol. The molecule has 0 aliphatic carbocycles. The van der Waals surface area contributed by atoms with Gasteiger partial charge in [-0.15, -0.1) is 5.10 Å². The van der Waals surface area contributed by atoms with Crippen molar-refractivity contribution < 1.29 is 14.3 Å². The van der Waals surface area contributed by atoms with Gasteiger partial charge in [0.2, 0.25) is 11.8 Å². The number of amides is 2. The van der Waals surface area contributed by atoms with E-state index in [-0.39, 0.29) is 18.4 Å². The maximum absolute atomic E-state index is 14.0. The molecular formula is C28H31N5O3. The molecule has 4 rings (SSSR count). The summed E-state index contributed by atoms with van der Waals surface area (Å²) in [5.74, 6) is -0.553. The van der Waals surface area contributed by atoms with Gasteiger partial charge in [-0.3, -0.25) is 14.5 Å². The average Bonchev–Trinajstić information content (AvgIpc) is 3.30.